The Morgan fingerprint density at radius 1 is 1.09 bits per heavy atom. The quantitative estimate of drug-likeness (QED) is 0.485. The van der Waals surface area contributed by atoms with Gasteiger partial charge in [0.25, 0.3) is 5.91 Å². The molecule has 1 aliphatic rings. The van der Waals surface area contributed by atoms with E-state index in [0.717, 1.165) is 38.0 Å². The van der Waals surface area contributed by atoms with Gasteiger partial charge in [0.15, 0.2) is 6.61 Å². The van der Waals surface area contributed by atoms with Gasteiger partial charge in [-0.1, -0.05) is 18.2 Å². The fourth-order valence-electron chi connectivity index (χ4n) is 4.15. The molecule has 1 aromatic heterocycles. The number of amides is 1. The first kappa shape index (κ1) is 22.4. The molecule has 1 aliphatic heterocycles. The van der Waals surface area contributed by atoms with Crippen molar-refractivity contribution in [2.24, 2.45) is 0 Å². The van der Waals surface area contributed by atoms with Crippen LogP contribution in [0.4, 0.5) is 11.4 Å². The van der Waals surface area contributed by atoms with Crippen LogP contribution in [0.1, 0.15) is 25.3 Å². The van der Waals surface area contributed by atoms with Gasteiger partial charge in [-0.3, -0.25) is 4.79 Å². The zero-order valence-corrected chi connectivity index (χ0v) is 19.3. The first-order chi connectivity index (χ1) is 15.7. The minimum Gasteiger partial charge on any atom is -0.484 e. The Kier molecular flexibility index (Phi) is 7.80. The lowest BCUT2D eigenvalue weighted by atomic mass is 10.0. The molecule has 32 heavy (non-hydrogen) atoms. The van der Waals surface area contributed by atoms with Gasteiger partial charge in [-0.2, -0.15) is 11.3 Å². The fourth-order valence-corrected chi connectivity index (χ4v) is 4.83. The monoisotopic (exact) mass is 449 g/mol. The summed E-state index contributed by atoms with van der Waals surface area (Å²) < 4.78 is 5.50. The van der Waals surface area contributed by atoms with Gasteiger partial charge in [-0.05, 0) is 85.0 Å². The lowest BCUT2D eigenvalue weighted by Crippen LogP contribution is -2.46. The molecule has 0 aliphatic carbocycles. The smallest absolute Gasteiger partial charge is 0.262 e. The van der Waals surface area contributed by atoms with Crippen molar-refractivity contribution in [3.8, 4) is 5.75 Å². The molecule has 1 fully saturated rings. The van der Waals surface area contributed by atoms with Gasteiger partial charge in [0.1, 0.15) is 5.75 Å². The third kappa shape index (κ3) is 6.58. The number of nitrogens with one attached hydrogen (secondary N) is 2. The second-order valence-corrected chi connectivity index (χ2v) is 9.14. The summed E-state index contributed by atoms with van der Waals surface area (Å²) in [6, 6.07) is 20.7. The molecule has 0 spiro atoms. The lowest BCUT2D eigenvalue weighted by molar-refractivity contribution is -0.118. The molecular formula is C26H31N3O2S. The zero-order chi connectivity index (χ0) is 22.2. The number of para-hydroxylation sites is 1. The summed E-state index contributed by atoms with van der Waals surface area (Å²) in [5, 5.41) is 11.1. The number of ether oxygens (including phenoxy) is 1. The van der Waals surface area contributed by atoms with Gasteiger partial charge in [-0.25, -0.2) is 0 Å². The number of rotatable bonds is 9. The summed E-state index contributed by atoms with van der Waals surface area (Å²) in [5.74, 6) is 0.529. The minimum atomic E-state index is -0.162. The molecule has 1 atom stereocenters. The Labute approximate surface area is 194 Å². The van der Waals surface area contributed by atoms with E-state index in [2.05, 4.69) is 51.4 Å². The summed E-state index contributed by atoms with van der Waals surface area (Å²) in [7, 11) is 0. The number of piperidine rings is 1. The number of benzene rings is 2. The van der Waals surface area contributed by atoms with E-state index in [0.29, 0.717) is 17.8 Å². The highest BCUT2D eigenvalue weighted by molar-refractivity contribution is 7.07. The van der Waals surface area contributed by atoms with Crippen molar-refractivity contribution in [3.05, 3.63) is 77.0 Å². The summed E-state index contributed by atoms with van der Waals surface area (Å²) in [6.45, 7) is 4.36. The van der Waals surface area contributed by atoms with E-state index < -0.39 is 0 Å². The van der Waals surface area contributed by atoms with Crippen LogP contribution in [0.2, 0.25) is 0 Å². The molecule has 5 nitrogen and oxygen atoms in total. The number of hydrogen-bond acceptors (Lipinski definition) is 5. The van der Waals surface area contributed by atoms with Gasteiger partial charge < -0.3 is 20.3 Å². The summed E-state index contributed by atoms with van der Waals surface area (Å²) >= 11 is 1.77. The molecule has 0 bridgehead atoms. The first-order valence-electron chi connectivity index (χ1n) is 11.3. The van der Waals surface area contributed by atoms with E-state index in [1.165, 1.54) is 11.3 Å². The summed E-state index contributed by atoms with van der Waals surface area (Å²) in [4.78, 5) is 14.6. The molecule has 168 valence electrons. The maximum absolute atomic E-state index is 12.1. The highest BCUT2D eigenvalue weighted by Gasteiger charge is 2.21. The van der Waals surface area contributed by atoms with Gasteiger partial charge in [0, 0.05) is 36.5 Å². The van der Waals surface area contributed by atoms with Crippen LogP contribution < -0.4 is 20.3 Å². The number of anilines is 2. The number of nitrogens with zero attached hydrogens (tertiary/aromatic N) is 1. The van der Waals surface area contributed by atoms with E-state index in [-0.39, 0.29) is 12.5 Å². The SMILES string of the molecule is CC(Cc1ccsc1)NC1CCN(c2ccc(NC(=O)COc3ccccc3)cc2)CC1. The second kappa shape index (κ2) is 11.2. The largest absolute Gasteiger partial charge is 0.484 e. The van der Waals surface area contributed by atoms with E-state index in [4.69, 9.17) is 4.74 Å². The lowest BCUT2D eigenvalue weighted by Gasteiger charge is -2.35. The molecule has 4 rings (SSSR count). The number of thiophene rings is 1. The predicted molar refractivity (Wildman–Crippen MR) is 133 cm³/mol. The van der Waals surface area contributed by atoms with Crippen molar-refractivity contribution in [1.29, 1.82) is 0 Å². The molecule has 2 N–H and O–H groups in total. The molecular weight excluding hydrogens is 418 g/mol. The fraction of sp³-hybridized carbons (Fsp3) is 0.346. The van der Waals surface area contributed by atoms with E-state index in [1.54, 1.807) is 11.3 Å². The van der Waals surface area contributed by atoms with Gasteiger partial charge in [0.05, 0.1) is 0 Å². The van der Waals surface area contributed by atoms with Crippen molar-refractivity contribution >= 4 is 28.6 Å². The topological polar surface area (TPSA) is 53.6 Å². The molecule has 1 unspecified atom stereocenters. The zero-order valence-electron chi connectivity index (χ0n) is 18.5. The average Bonchev–Trinajstić information content (AvgIpc) is 3.32. The van der Waals surface area contributed by atoms with E-state index in [9.17, 15) is 4.79 Å². The maximum atomic E-state index is 12.1. The Bertz CT molecular complexity index is 953. The van der Waals surface area contributed by atoms with Gasteiger partial charge in [-0.15, -0.1) is 0 Å². The van der Waals surface area contributed by atoms with Gasteiger partial charge >= 0.3 is 0 Å². The predicted octanol–water partition coefficient (Wildman–Crippen LogP) is 4.96. The summed E-state index contributed by atoms with van der Waals surface area (Å²) in [6.07, 6.45) is 3.37. The molecule has 0 saturated carbocycles. The Morgan fingerprint density at radius 3 is 2.53 bits per heavy atom. The van der Waals surface area contributed by atoms with Crippen LogP contribution >= 0.6 is 11.3 Å². The van der Waals surface area contributed by atoms with E-state index >= 15 is 0 Å². The highest BCUT2D eigenvalue weighted by Crippen LogP contribution is 2.23. The second-order valence-electron chi connectivity index (χ2n) is 8.36. The van der Waals surface area contributed by atoms with Crippen LogP contribution in [0.15, 0.2) is 71.4 Å². The van der Waals surface area contributed by atoms with Crippen molar-refractivity contribution in [3.63, 3.8) is 0 Å². The van der Waals surface area contributed by atoms with Gasteiger partial charge in [0.2, 0.25) is 0 Å². The maximum Gasteiger partial charge on any atom is 0.262 e. The van der Waals surface area contributed by atoms with Crippen LogP contribution in [0.3, 0.4) is 0 Å². The molecule has 0 radical (unpaired) electrons. The van der Waals surface area contributed by atoms with Crippen LogP contribution in [0.25, 0.3) is 0 Å². The van der Waals surface area contributed by atoms with Crippen molar-refractivity contribution in [2.75, 3.05) is 29.9 Å². The Balaban J connectivity index is 1.19. The first-order valence-corrected chi connectivity index (χ1v) is 12.2. The van der Waals surface area contributed by atoms with Crippen LogP contribution in [-0.4, -0.2) is 37.7 Å². The minimum absolute atomic E-state index is 0.00287. The molecule has 2 heterocycles. The Morgan fingerprint density at radius 2 is 1.84 bits per heavy atom. The van der Waals surface area contributed by atoms with Crippen LogP contribution in [-0.2, 0) is 11.2 Å². The van der Waals surface area contributed by atoms with Crippen LogP contribution in [0.5, 0.6) is 5.75 Å². The number of carbonyl (C=O) groups is 1. The molecule has 1 saturated heterocycles. The highest BCUT2D eigenvalue weighted by atomic mass is 32.1. The van der Waals surface area contributed by atoms with Crippen molar-refractivity contribution in [1.82, 2.24) is 5.32 Å². The number of carbonyl (C=O) groups excluding carboxylic acids is 1. The molecule has 6 heteroatoms. The average molecular weight is 450 g/mol. The Hall–Kier alpha value is -2.83. The summed E-state index contributed by atoms with van der Waals surface area (Å²) in [5.41, 5.74) is 3.41. The third-order valence-corrected chi connectivity index (χ3v) is 6.50. The van der Waals surface area contributed by atoms with Crippen molar-refractivity contribution < 1.29 is 9.53 Å². The van der Waals surface area contributed by atoms with E-state index in [1.807, 2.05) is 42.5 Å². The third-order valence-electron chi connectivity index (χ3n) is 5.77. The molecule has 1 amide bonds. The molecule has 2 aromatic carbocycles. The standard InChI is InChI=1S/C26H31N3O2S/c1-20(17-21-13-16-32-19-21)27-23-11-14-29(15-12-23)24-9-7-22(8-10-24)28-26(30)18-31-25-5-3-2-4-6-25/h2-10,13,16,19-20,23,27H,11-12,14-15,17-18H2,1H3,(H,28,30). The number of hydrogen-bond donors (Lipinski definition) is 2. The normalized spacial score (nSPS) is 15.3. The molecule has 3 aromatic rings. The van der Waals surface area contributed by atoms with Crippen LogP contribution in [0, 0.1) is 0 Å². The van der Waals surface area contributed by atoms with Crippen molar-refractivity contribution in [2.45, 2.75) is 38.3 Å².